The van der Waals surface area contributed by atoms with E-state index in [0.29, 0.717) is 24.3 Å². The lowest BCUT2D eigenvalue weighted by Crippen LogP contribution is -2.41. The fraction of sp³-hybridized carbons (Fsp3) is 0.417. The number of halogens is 1. The molecule has 1 amide bonds. The summed E-state index contributed by atoms with van der Waals surface area (Å²) in [7, 11) is 1.26. The van der Waals surface area contributed by atoms with E-state index in [9.17, 15) is 14.0 Å². The number of rotatable bonds is 3. The number of hydrogen-bond donors (Lipinski definition) is 0. The molecule has 9 heteroatoms. The molecule has 1 aliphatic heterocycles. The maximum absolute atomic E-state index is 13.9. The number of fused-ring (bicyclic) bond motifs is 1. The van der Waals surface area contributed by atoms with Gasteiger partial charge in [-0.25, -0.2) is 23.9 Å². The number of ether oxygens (including phenoxy) is 2. The minimum Gasteiger partial charge on any atom is -0.465 e. The summed E-state index contributed by atoms with van der Waals surface area (Å²) in [5.41, 5.74) is 2.53. The lowest BCUT2D eigenvalue weighted by atomic mass is 9.90. The third kappa shape index (κ3) is 4.67. The Morgan fingerprint density at radius 1 is 1.18 bits per heavy atom. The second-order valence-corrected chi connectivity index (χ2v) is 9.11. The maximum Gasteiger partial charge on any atom is 0.410 e. The molecule has 0 radical (unpaired) electrons. The van der Waals surface area contributed by atoms with Crippen LogP contribution in [-0.2, 0) is 9.47 Å². The second-order valence-electron chi connectivity index (χ2n) is 9.11. The summed E-state index contributed by atoms with van der Waals surface area (Å²) < 4.78 is 26.0. The molecular weight excluding hydrogens is 427 g/mol. The smallest absolute Gasteiger partial charge is 0.410 e. The second kappa shape index (κ2) is 8.80. The first-order valence-corrected chi connectivity index (χ1v) is 10.8. The molecule has 0 N–H and O–H groups in total. The number of benzene rings is 1. The van der Waals surface area contributed by atoms with Crippen molar-refractivity contribution >= 4 is 23.1 Å². The highest BCUT2D eigenvalue weighted by atomic mass is 19.1. The van der Waals surface area contributed by atoms with Crippen molar-refractivity contribution in [3.8, 4) is 5.69 Å². The van der Waals surface area contributed by atoms with Crippen LogP contribution in [0.25, 0.3) is 16.7 Å². The fourth-order valence-electron chi connectivity index (χ4n) is 4.18. The van der Waals surface area contributed by atoms with Crippen molar-refractivity contribution in [2.24, 2.45) is 0 Å². The van der Waals surface area contributed by atoms with Crippen LogP contribution < -0.4 is 0 Å². The molecule has 8 nitrogen and oxygen atoms in total. The van der Waals surface area contributed by atoms with Crippen LogP contribution in [0.4, 0.5) is 9.18 Å². The summed E-state index contributed by atoms with van der Waals surface area (Å²) in [5.74, 6) is -0.999. The van der Waals surface area contributed by atoms with Gasteiger partial charge >= 0.3 is 12.1 Å². The summed E-state index contributed by atoms with van der Waals surface area (Å²) in [5, 5.41) is 0. The van der Waals surface area contributed by atoms with Gasteiger partial charge in [0.05, 0.1) is 35.6 Å². The predicted molar refractivity (Wildman–Crippen MR) is 120 cm³/mol. The quantitative estimate of drug-likeness (QED) is 0.543. The molecule has 174 valence electrons. The number of amides is 1. The number of hydrogen-bond acceptors (Lipinski definition) is 6. The van der Waals surface area contributed by atoms with Crippen LogP contribution in [0.1, 0.15) is 55.5 Å². The fourth-order valence-corrected chi connectivity index (χ4v) is 4.18. The van der Waals surface area contributed by atoms with Gasteiger partial charge in [-0.05, 0) is 63.3 Å². The van der Waals surface area contributed by atoms with Gasteiger partial charge in [-0.1, -0.05) is 0 Å². The van der Waals surface area contributed by atoms with E-state index < -0.39 is 17.4 Å². The van der Waals surface area contributed by atoms with Gasteiger partial charge in [-0.2, -0.15) is 0 Å². The first kappa shape index (κ1) is 22.7. The summed E-state index contributed by atoms with van der Waals surface area (Å²) >= 11 is 0. The zero-order valence-corrected chi connectivity index (χ0v) is 19.2. The minimum atomic E-state index is -0.629. The van der Waals surface area contributed by atoms with Gasteiger partial charge in [0.25, 0.3) is 0 Å². The highest BCUT2D eigenvalue weighted by Gasteiger charge is 2.30. The Kier molecular flexibility index (Phi) is 6.05. The van der Waals surface area contributed by atoms with Crippen molar-refractivity contribution in [2.75, 3.05) is 20.2 Å². The molecule has 0 atom stereocenters. The first-order valence-electron chi connectivity index (χ1n) is 10.8. The molecule has 1 saturated heterocycles. The zero-order valence-electron chi connectivity index (χ0n) is 19.2. The van der Waals surface area contributed by atoms with E-state index in [1.54, 1.807) is 21.7 Å². The summed E-state index contributed by atoms with van der Waals surface area (Å²) in [6.45, 7) is 6.70. The van der Waals surface area contributed by atoms with Gasteiger partial charge in [0.1, 0.15) is 17.7 Å². The third-order valence-corrected chi connectivity index (χ3v) is 5.70. The Hall–Kier alpha value is -3.49. The average Bonchev–Trinajstić information content (AvgIpc) is 3.17. The molecule has 0 saturated carbocycles. The van der Waals surface area contributed by atoms with Crippen LogP contribution in [0.3, 0.4) is 0 Å². The minimum absolute atomic E-state index is 0.115. The molecule has 1 fully saturated rings. The Labute approximate surface area is 191 Å². The van der Waals surface area contributed by atoms with E-state index in [0.717, 1.165) is 30.0 Å². The normalized spacial score (nSPS) is 15.0. The zero-order chi connectivity index (χ0) is 23.8. The molecule has 0 spiro atoms. The number of aromatic nitrogens is 3. The van der Waals surface area contributed by atoms with E-state index in [1.807, 2.05) is 27.0 Å². The Balaban J connectivity index is 1.66. The Morgan fingerprint density at radius 3 is 2.58 bits per heavy atom. The van der Waals surface area contributed by atoms with Gasteiger partial charge in [0, 0.05) is 19.3 Å². The molecule has 1 aromatic carbocycles. The number of esters is 1. The SMILES string of the molecule is COC(=O)c1cc(F)ccc1-n1cc(C2CCN(C(=O)OC(C)(C)C)CC2)c2ncncc21. The summed E-state index contributed by atoms with van der Waals surface area (Å²) in [6, 6.07) is 4.01. The van der Waals surface area contributed by atoms with Crippen molar-refractivity contribution in [2.45, 2.75) is 45.1 Å². The van der Waals surface area contributed by atoms with Crippen molar-refractivity contribution in [1.82, 2.24) is 19.4 Å². The number of nitrogens with zero attached hydrogens (tertiary/aromatic N) is 4. The van der Waals surface area contributed by atoms with Gasteiger partial charge < -0.3 is 18.9 Å². The number of piperidine rings is 1. The van der Waals surface area contributed by atoms with E-state index >= 15 is 0 Å². The van der Waals surface area contributed by atoms with Gasteiger partial charge in [0.15, 0.2) is 0 Å². The standard InChI is InChI=1S/C24H27FN4O4/c1-24(2,3)33-23(31)28-9-7-15(8-10-28)18-13-29(20-12-26-14-27-21(18)20)19-6-5-16(25)11-17(19)22(30)32-4/h5-6,11-15H,7-10H2,1-4H3. The van der Waals surface area contributed by atoms with Gasteiger partial charge in [-0.3, -0.25) is 0 Å². The molecule has 0 bridgehead atoms. The summed E-state index contributed by atoms with van der Waals surface area (Å²) in [6.07, 6.45) is 6.27. The summed E-state index contributed by atoms with van der Waals surface area (Å²) in [4.78, 5) is 35.1. The molecule has 0 aliphatic carbocycles. The monoisotopic (exact) mass is 454 g/mol. The maximum atomic E-state index is 13.9. The number of methoxy groups -OCH3 is 1. The van der Waals surface area contributed by atoms with E-state index in [1.165, 1.54) is 19.5 Å². The van der Waals surface area contributed by atoms with Crippen molar-refractivity contribution in [3.05, 3.63) is 53.9 Å². The molecule has 2 aromatic heterocycles. The van der Waals surface area contributed by atoms with E-state index in [2.05, 4.69) is 9.97 Å². The van der Waals surface area contributed by atoms with E-state index in [-0.39, 0.29) is 17.6 Å². The van der Waals surface area contributed by atoms with Crippen LogP contribution in [0, 0.1) is 5.82 Å². The van der Waals surface area contributed by atoms with Crippen LogP contribution in [0.5, 0.6) is 0 Å². The number of likely N-dealkylation sites (tertiary alicyclic amines) is 1. The average molecular weight is 455 g/mol. The van der Waals surface area contributed by atoms with Gasteiger partial charge in [-0.15, -0.1) is 0 Å². The van der Waals surface area contributed by atoms with Crippen LogP contribution >= 0.6 is 0 Å². The molecular formula is C24H27FN4O4. The number of carbonyl (C=O) groups is 2. The first-order chi connectivity index (χ1) is 15.7. The lowest BCUT2D eigenvalue weighted by Gasteiger charge is -2.33. The van der Waals surface area contributed by atoms with E-state index in [4.69, 9.17) is 9.47 Å². The molecule has 3 heterocycles. The molecule has 33 heavy (non-hydrogen) atoms. The molecule has 1 aliphatic rings. The topological polar surface area (TPSA) is 86.5 Å². The molecule has 0 unspecified atom stereocenters. The Bertz CT molecular complexity index is 1190. The largest absolute Gasteiger partial charge is 0.465 e. The van der Waals surface area contributed by atoms with Crippen molar-refractivity contribution in [1.29, 1.82) is 0 Å². The van der Waals surface area contributed by atoms with Crippen LogP contribution in [0.2, 0.25) is 0 Å². The molecule has 4 rings (SSSR count). The van der Waals surface area contributed by atoms with Crippen LogP contribution in [-0.4, -0.2) is 57.3 Å². The highest BCUT2D eigenvalue weighted by Crippen LogP contribution is 2.35. The number of carbonyl (C=O) groups excluding carboxylic acids is 2. The van der Waals surface area contributed by atoms with Crippen LogP contribution in [0.15, 0.2) is 36.9 Å². The lowest BCUT2D eigenvalue weighted by molar-refractivity contribution is 0.0205. The predicted octanol–water partition coefficient (Wildman–Crippen LogP) is 4.46. The highest BCUT2D eigenvalue weighted by molar-refractivity contribution is 5.95. The van der Waals surface area contributed by atoms with Gasteiger partial charge in [0.2, 0.25) is 0 Å². The Morgan fingerprint density at radius 2 is 1.91 bits per heavy atom. The molecule has 3 aromatic rings. The van der Waals surface area contributed by atoms with Crippen molar-refractivity contribution < 1.29 is 23.5 Å². The third-order valence-electron chi connectivity index (χ3n) is 5.70. The van der Waals surface area contributed by atoms with Crippen molar-refractivity contribution in [3.63, 3.8) is 0 Å².